The maximum Gasteiger partial charge on any atom is 0.301 e. The van der Waals surface area contributed by atoms with E-state index in [0.717, 1.165) is 41.2 Å². The standard InChI is InChI=1S/C17H17N3O2S/c21-16(19-20-10-4-1-5-11-20)13-8-9-14(22-13)17-18-12-6-2-3-7-15(12)23-17/h2-3,6-9H,1,4-5,10-11H2,(H,19,21). The minimum Gasteiger partial charge on any atom is -0.448 e. The summed E-state index contributed by atoms with van der Waals surface area (Å²) in [6.45, 7) is 1.80. The highest BCUT2D eigenvalue weighted by atomic mass is 32.1. The van der Waals surface area contributed by atoms with Crippen LogP contribution in [0.25, 0.3) is 21.0 Å². The van der Waals surface area contributed by atoms with Gasteiger partial charge in [-0.2, -0.15) is 0 Å². The molecule has 2 aromatic heterocycles. The largest absolute Gasteiger partial charge is 0.448 e. The van der Waals surface area contributed by atoms with Crippen LogP contribution in [-0.2, 0) is 0 Å². The average Bonchev–Trinajstić information content (AvgIpc) is 3.22. The molecule has 1 aliphatic heterocycles. The monoisotopic (exact) mass is 327 g/mol. The van der Waals surface area contributed by atoms with Crippen LogP contribution in [0.3, 0.4) is 0 Å². The summed E-state index contributed by atoms with van der Waals surface area (Å²) in [6, 6.07) is 11.5. The van der Waals surface area contributed by atoms with E-state index in [-0.39, 0.29) is 5.91 Å². The van der Waals surface area contributed by atoms with E-state index >= 15 is 0 Å². The molecule has 0 aliphatic carbocycles. The quantitative estimate of drug-likeness (QED) is 0.797. The molecule has 0 radical (unpaired) electrons. The molecule has 5 nitrogen and oxygen atoms in total. The molecule has 1 aromatic carbocycles. The molecule has 0 bridgehead atoms. The highest BCUT2D eigenvalue weighted by Gasteiger charge is 2.18. The number of thiazole rings is 1. The van der Waals surface area contributed by atoms with Crippen molar-refractivity contribution in [2.45, 2.75) is 19.3 Å². The molecule has 0 atom stereocenters. The fourth-order valence-corrected chi connectivity index (χ4v) is 3.68. The first kappa shape index (κ1) is 14.4. The second kappa shape index (κ2) is 6.14. The number of aromatic nitrogens is 1. The van der Waals surface area contributed by atoms with Crippen LogP contribution in [0.1, 0.15) is 29.8 Å². The fraction of sp³-hybridized carbons (Fsp3) is 0.294. The van der Waals surface area contributed by atoms with E-state index in [2.05, 4.69) is 10.4 Å². The number of hydrazine groups is 1. The normalized spacial score (nSPS) is 15.8. The summed E-state index contributed by atoms with van der Waals surface area (Å²) in [5.74, 6) is 0.763. The summed E-state index contributed by atoms with van der Waals surface area (Å²) in [7, 11) is 0. The predicted octanol–water partition coefficient (Wildman–Crippen LogP) is 3.69. The number of carbonyl (C=O) groups excluding carboxylic acids is 1. The molecule has 3 heterocycles. The molecule has 3 aromatic rings. The topological polar surface area (TPSA) is 58.4 Å². The van der Waals surface area contributed by atoms with Gasteiger partial charge in [0.25, 0.3) is 0 Å². The Bertz CT molecular complexity index is 800. The molecule has 1 fully saturated rings. The lowest BCUT2D eigenvalue weighted by molar-refractivity contribution is 0.0722. The van der Waals surface area contributed by atoms with E-state index in [1.54, 1.807) is 17.4 Å². The van der Waals surface area contributed by atoms with E-state index in [1.165, 1.54) is 6.42 Å². The molecular formula is C17H17N3O2S. The van der Waals surface area contributed by atoms with Gasteiger partial charge in [0.1, 0.15) is 0 Å². The number of nitrogens with zero attached hydrogens (tertiary/aromatic N) is 2. The second-order valence-corrected chi connectivity index (χ2v) is 6.67. The maximum absolute atomic E-state index is 12.3. The van der Waals surface area contributed by atoms with Crippen LogP contribution in [-0.4, -0.2) is 29.0 Å². The third-order valence-electron chi connectivity index (χ3n) is 3.95. The van der Waals surface area contributed by atoms with Gasteiger partial charge in [0.15, 0.2) is 16.5 Å². The summed E-state index contributed by atoms with van der Waals surface area (Å²) in [4.78, 5) is 16.8. The van der Waals surface area contributed by atoms with Gasteiger partial charge in [-0.05, 0) is 37.1 Å². The number of furan rings is 1. The van der Waals surface area contributed by atoms with Gasteiger partial charge in [-0.25, -0.2) is 9.99 Å². The molecule has 118 valence electrons. The molecule has 1 aliphatic rings. The summed E-state index contributed by atoms with van der Waals surface area (Å²) in [5, 5.41) is 2.76. The average molecular weight is 327 g/mol. The number of fused-ring (bicyclic) bond motifs is 1. The highest BCUT2D eigenvalue weighted by molar-refractivity contribution is 7.21. The summed E-state index contributed by atoms with van der Waals surface area (Å²) >= 11 is 1.56. The van der Waals surface area contributed by atoms with Crippen molar-refractivity contribution in [3.05, 3.63) is 42.2 Å². The zero-order valence-corrected chi connectivity index (χ0v) is 13.4. The van der Waals surface area contributed by atoms with Crippen molar-refractivity contribution in [2.75, 3.05) is 13.1 Å². The number of nitrogens with one attached hydrogen (secondary N) is 1. The Morgan fingerprint density at radius 1 is 1.13 bits per heavy atom. The molecule has 23 heavy (non-hydrogen) atoms. The van der Waals surface area contributed by atoms with Crippen molar-refractivity contribution in [1.29, 1.82) is 0 Å². The number of para-hydroxylation sites is 1. The van der Waals surface area contributed by atoms with Gasteiger partial charge in [0.2, 0.25) is 0 Å². The van der Waals surface area contributed by atoms with E-state index in [9.17, 15) is 4.79 Å². The van der Waals surface area contributed by atoms with Crippen LogP contribution in [0.2, 0.25) is 0 Å². The second-order valence-electron chi connectivity index (χ2n) is 5.64. The molecule has 6 heteroatoms. The third kappa shape index (κ3) is 3.00. The number of carbonyl (C=O) groups is 1. The molecule has 1 saturated heterocycles. The number of hydrogen-bond donors (Lipinski definition) is 1. The van der Waals surface area contributed by atoms with E-state index in [1.807, 2.05) is 35.3 Å². The lowest BCUT2D eigenvalue weighted by Crippen LogP contribution is -2.44. The third-order valence-corrected chi connectivity index (χ3v) is 5.00. The van der Waals surface area contributed by atoms with Crippen LogP contribution in [0, 0.1) is 0 Å². The minimum absolute atomic E-state index is 0.195. The van der Waals surface area contributed by atoms with E-state index in [0.29, 0.717) is 11.5 Å². The molecule has 0 saturated carbocycles. The Balaban J connectivity index is 1.52. The number of rotatable bonds is 3. The summed E-state index contributed by atoms with van der Waals surface area (Å²) < 4.78 is 6.82. The highest BCUT2D eigenvalue weighted by Crippen LogP contribution is 2.31. The van der Waals surface area contributed by atoms with Gasteiger partial charge in [0, 0.05) is 13.1 Å². The summed E-state index contributed by atoms with van der Waals surface area (Å²) in [5.41, 5.74) is 3.86. The van der Waals surface area contributed by atoms with Crippen molar-refractivity contribution < 1.29 is 9.21 Å². The number of hydrogen-bond acceptors (Lipinski definition) is 5. The number of amides is 1. The first-order valence-corrected chi connectivity index (χ1v) is 8.63. The van der Waals surface area contributed by atoms with Crippen molar-refractivity contribution >= 4 is 27.5 Å². The van der Waals surface area contributed by atoms with Gasteiger partial charge in [0.05, 0.1) is 10.2 Å². The maximum atomic E-state index is 12.3. The molecule has 0 unspecified atom stereocenters. The Morgan fingerprint density at radius 3 is 2.78 bits per heavy atom. The van der Waals surface area contributed by atoms with Crippen molar-refractivity contribution in [1.82, 2.24) is 15.4 Å². The van der Waals surface area contributed by atoms with Crippen molar-refractivity contribution in [3.63, 3.8) is 0 Å². The zero-order chi connectivity index (χ0) is 15.6. The minimum atomic E-state index is -0.195. The SMILES string of the molecule is O=C(NN1CCCCC1)c1ccc(-c2nc3ccccc3s2)o1. The molecule has 4 rings (SSSR count). The van der Waals surface area contributed by atoms with Gasteiger partial charge in [-0.1, -0.05) is 18.6 Å². The summed E-state index contributed by atoms with van der Waals surface area (Å²) in [6.07, 6.45) is 3.47. The van der Waals surface area contributed by atoms with Crippen molar-refractivity contribution in [3.8, 4) is 10.8 Å². The van der Waals surface area contributed by atoms with Crippen molar-refractivity contribution in [2.24, 2.45) is 0 Å². The van der Waals surface area contributed by atoms with Crippen LogP contribution >= 0.6 is 11.3 Å². The van der Waals surface area contributed by atoms with Crippen LogP contribution < -0.4 is 5.43 Å². The predicted molar refractivity (Wildman–Crippen MR) is 90.2 cm³/mol. The Labute approximate surface area is 137 Å². The van der Waals surface area contributed by atoms with Crippen LogP contribution in [0.15, 0.2) is 40.8 Å². The molecule has 1 amide bonds. The molecular weight excluding hydrogens is 310 g/mol. The van der Waals surface area contributed by atoms with Gasteiger partial charge >= 0.3 is 5.91 Å². The first-order valence-electron chi connectivity index (χ1n) is 7.81. The Morgan fingerprint density at radius 2 is 1.96 bits per heavy atom. The molecule has 1 N–H and O–H groups in total. The van der Waals surface area contributed by atoms with Gasteiger partial charge in [-0.3, -0.25) is 10.2 Å². The number of benzene rings is 1. The Kier molecular flexibility index (Phi) is 3.85. The fourth-order valence-electron chi connectivity index (χ4n) is 2.76. The van der Waals surface area contributed by atoms with E-state index < -0.39 is 0 Å². The lowest BCUT2D eigenvalue weighted by atomic mass is 10.2. The molecule has 0 spiro atoms. The Hall–Kier alpha value is -2.18. The van der Waals surface area contributed by atoms with Crippen LogP contribution in [0.5, 0.6) is 0 Å². The lowest BCUT2D eigenvalue weighted by Gasteiger charge is -2.26. The number of piperidine rings is 1. The smallest absolute Gasteiger partial charge is 0.301 e. The van der Waals surface area contributed by atoms with Crippen LogP contribution in [0.4, 0.5) is 0 Å². The van der Waals surface area contributed by atoms with Gasteiger partial charge < -0.3 is 4.42 Å². The zero-order valence-electron chi connectivity index (χ0n) is 12.6. The van der Waals surface area contributed by atoms with E-state index in [4.69, 9.17) is 4.42 Å². The van der Waals surface area contributed by atoms with Gasteiger partial charge in [-0.15, -0.1) is 11.3 Å². The first-order chi connectivity index (χ1) is 11.3.